The summed E-state index contributed by atoms with van der Waals surface area (Å²) in [6.07, 6.45) is 14.5. The van der Waals surface area contributed by atoms with Crippen molar-refractivity contribution in [3.8, 4) is 0 Å². The Balaban J connectivity index is 0.000000605. The van der Waals surface area contributed by atoms with Gasteiger partial charge in [0.15, 0.2) is 0 Å². The Kier molecular flexibility index (Phi) is 4.11. The lowest BCUT2D eigenvalue weighted by molar-refractivity contribution is 0.745. The fraction of sp³-hybridized carbons (Fsp3) is 1.00. The van der Waals surface area contributed by atoms with Gasteiger partial charge in [0.25, 0.3) is 0 Å². The third kappa shape index (κ3) is 2.30. The average Bonchev–Trinajstić information content (AvgIpc) is 2.39. The summed E-state index contributed by atoms with van der Waals surface area (Å²) >= 11 is 0. The van der Waals surface area contributed by atoms with Crippen molar-refractivity contribution in [3.63, 3.8) is 0 Å². The van der Waals surface area contributed by atoms with Crippen LogP contribution in [0.25, 0.3) is 0 Å². The molecule has 0 bridgehead atoms. The van der Waals surface area contributed by atoms with E-state index in [-0.39, 0.29) is 31.2 Å². The minimum atomic E-state index is -0.241. The number of hydrogen-bond acceptors (Lipinski definition) is 0. The van der Waals surface area contributed by atoms with Gasteiger partial charge in [0.1, 0.15) is 0 Å². The second-order valence-corrected chi connectivity index (χ2v) is 8.48. The largest absolute Gasteiger partial charge is 0.125 e. The van der Waals surface area contributed by atoms with Gasteiger partial charge >= 0.3 is 0 Å². The first-order chi connectivity index (χ1) is 4.91. The summed E-state index contributed by atoms with van der Waals surface area (Å²) in [6, 6.07) is 0. The lowest BCUT2D eigenvalue weighted by atomic mass is 10.3. The van der Waals surface area contributed by atoms with E-state index in [1.165, 1.54) is 0 Å². The molecule has 67 valence electrons. The van der Waals surface area contributed by atoms with Gasteiger partial charge in [0.2, 0.25) is 0 Å². The Bertz CT molecular complexity index is 111. The lowest BCUT2D eigenvalue weighted by Gasteiger charge is -2.35. The van der Waals surface area contributed by atoms with E-state index in [0.29, 0.717) is 0 Å². The highest BCUT2D eigenvalue weighted by molar-refractivity contribution is 14.0. The predicted octanol–water partition coefficient (Wildman–Crippen LogP) is 3.60. The van der Waals surface area contributed by atoms with Crippen molar-refractivity contribution < 1.29 is 0 Å². The summed E-state index contributed by atoms with van der Waals surface area (Å²) in [5, 5.41) is 0. The van der Waals surface area contributed by atoms with Crippen LogP contribution in [0.1, 0.15) is 32.1 Å². The second-order valence-electron chi connectivity index (χ2n) is 4.00. The number of rotatable bonds is 0. The highest BCUT2D eigenvalue weighted by Gasteiger charge is 2.31. The van der Waals surface area contributed by atoms with Crippen LogP contribution in [-0.2, 0) is 0 Å². The van der Waals surface area contributed by atoms with Gasteiger partial charge in [0, 0.05) is 0 Å². The summed E-state index contributed by atoms with van der Waals surface area (Å²) in [5.41, 5.74) is 0. The van der Waals surface area contributed by atoms with Crippen molar-refractivity contribution in [1.82, 2.24) is 0 Å². The highest BCUT2D eigenvalue weighted by Crippen LogP contribution is 2.66. The zero-order valence-electron chi connectivity index (χ0n) is 7.22. The summed E-state index contributed by atoms with van der Waals surface area (Å²) in [5.74, 6) is 0. The maximum absolute atomic E-state index is 1.67. The molecule has 0 saturated carbocycles. The van der Waals surface area contributed by atoms with E-state index in [4.69, 9.17) is 0 Å². The van der Waals surface area contributed by atoms with Crippen LogP contribution < -0.4 is 0 Å². The van der Waals surface area contributed by atoms with Crippen LogP contribution in [0.3, 0.4) is 0 Å². The van der Waals surface area contributed by atoms with Gasteiger partial charge in [0.05, 0.1) is 0 Å². The van der Waals surface area contributed by atoms with Gasteiger partial charge in [-0.25, -0.2) is 0 Å². The van der Waals surface area contributed by atoms with Gasteiger partial charge < -0.3 is 0 Å². The molecule has 0 nitrogen and oxygen atoms in total. The van der Waals surface area contributed by atoms with Crippen LogP contribution in [0, 0.1) is 0 Å². The molecule has 2 heteroatoms. The van der Waals surface area contributed by atoms with Crippen molar-refractivity contribution >= 4 is 31.2 Å². The molecule has 0 aromatic carbocycles. The van der Waals surface area contributed by atoms with Gasteiger partial charge in [-0.15, -0.1) is 31.2 Å². The molecule has 0 unspecified atom stereocenters. The Morgan fingerprint density at radius 1 is 0.545 bits per heavy atom. The van der Waals surface area contributed by atoms with Gasteiger partial charge in [-0.05, 0) is 50.3 Å². The van der Waals surface area contributed by atoms with Crippen LogP contribution in [0.4, 0.5) is 0 Å². The molecule has 0 aromatic rings. The monoisotopic (exact) mass is 285 g/mol. The van der Waals surface area contributed by atoms with E-state index < -0.39 is 0 Å². The van der Waals surface area contributed by atoms with Crippen molar-refractivity contribution in [2.45, 2.75) is 32.1 Å². The normalized spacial score (nSPS) is 28.4. The van der Waals surface area contributed by atoms with Gasteiger partial charge in [-0.1, -0.05) is 6.42 Å². The van der Waals surface area contributed by atoms with E-state index >= 15 is 0 Å². The molecular weight excluding hydrogens is 266 g/mol. The first kappa shape index (κ1) is 10.2. The van der Waals surface area contributed by atoms with E-state index in [9.17, 15) is 0 Å². The Hall–Kier alpha value is 1.16. The van der Waals surface area contributed by atoms with Crippen LogP contribution in [0.2, 0.25) is 0 Å². The van der Waals surface area contributed by atoms with E-state index in [1.54, 1.807) is 56.8 Å². The van der Waals surface area contributed by atoms with Crippen LogP contribution in [-0.4, -0.2) is 24.6 Å². The summed E-state index contributed by atoms with van der Waals surface area (Å²) in [7, 11) is -0.241. The van der Waals surface area contributed by atoms with Crippen molar-refractivity contribution in [1.29, 1.82) is 0 Å². The van der Waals surface area contributed by atoms with Crippen molar-refractivity contribution in [3.05, 3.63) is 0 Å². The fourth-order valence-electron chi connectivity index (χ4n) is 2.64. The highest BCUT2D eigenvalue weighted by atomic mass is 127. The van der Waals surface area contributed by atoms with Crippen molar-refractivity contribution in [2.75, 3.05) is 24.6 Å². The Morgan fingerprint density at radius 2 is 0.909 bits per heavy atom. The molecule has 0 N–H and O–H groups in total. The third-order valence-electron chi connectivity index (χ3n) is 3.28. The summed E-state index contributed by atoms with van der Waals surface area (Å²) in [4.78, 5) is 0. The smallest absolute Gasteiger partial charge is 0.0359 e. The molecular formula is C9H19IP. The first-order valence-corrected chi connectivity index (χ1v) is 7.29. The fourth-order valence-corrected chi connectivity index (χ4v) is 7.56. The standard InChI is InChI=1S/C9H18P.HI/c1-2-6-10(7-3-1)8-4-5-9-10;/h1-9H2;1H. The zero-order valence-corrected chi connectivity index (χ0v) is 10.4. The molecule has 1 spiro atoms. The predicted molar refractivity (Wildman–Crippen MR) is 64.9 cm³/mol. The third-order valence-corrected chi connectivity index (χ3v) is 8.34. The molecule has 2 fully saturated rings. The number of halogens is 1. The molecule has 2 heterocycles. The SMILES string of the molecule is C1CC[P]2(CC1)CCCC2.I. The van der Waals surface area contributed by atoms with Crippen molar-refractivity contribution in [2.24, 2.45) is 0 Å². The molecule has 2 aliphatic rings. The molecule has 2 saturated heterocycles. The average molecular weight is 285 g/mol. The Morgan fingerprint density at radius 3 is 1.36 bits per heavy atom. The maximum Gasteiger partial charge on any atom is -0.0359 e. The Labute approximate surface area is 87.9 Å². The summed E-state index contributed by atoms with van der Waals surface area (Å²) < 4.78 is 0. The molecule has 0 aliphatic carbocycles. The molecule has 11 heavy (non-hydrogen) atoms. The van der Waals surface area contributed by atoms with Crippen LogP contribution in [0.5, 0.6) is 0 Å². The molecule has 2 aliphatic heterocycles. The second kappa shape index (κ2) is 4.41. The van der Waals surface area contributed by atoms with Gasteiger partial charge in [-0.3, -0.25) is 0 Å². The maximum atomic E-state index is 1.67. The van der Waals surface area contributed by atoms with Gasteiger partial charge in [-0.2, -0.15) is 0 Å². The molecule has 0 amide bonds. The number of hydrogen-bond donors (Lipinski definition) is 0. The van der Waals surface area contributed by atoms with E-state index in [2.05, 4.69) is 0 Å². The first-order valence-electron chi connectivity index (χ1n) is 4.76. The topological polar surface area (TPSA) is 0 Å². The molecule has 0 atom stereocenters. The zero-order chi connectivity index (χ0) is 6.86. The minimum Gasteiger partial charge on any atom is -0.125 e. The summed E-state index contributed by atoms with van der Waals surface area (Å²) in [6.45, 7) is 0. The van der Waals surface area contributed by atoms with E-state index in [0.717, 1.165) is 0 Å². The quantitative estimate of drug-likeness (QED) is 0.471. The van der Waals surface area contributed by atoms with Crippen LogP contribution in [0.15, 0.2) is 0 Å². The molecule has 2 rings (SSSR count). The lowest BCUT2D eigenvalue weighted by Crippen LogP contribution is -2.10. The minimum absolute atomic E-state index is 0. The van der Waals surface area contributed by atoms with Crippen LogP contribution >= 0.6 is 31.2 Å². The van der Waals surface area contributed by atoms with E-state index in [1.807, 2.05) is 0 Å². The molecule has 1 radical (unpaired) electrons. The molecule has 0 aromatic heterocycles.